The zero-order chi connectivity index (χ0) is 28.7. The van der Waals surface area contributed by atoms with E-state index >= 15 is 0 Å². The summed E-state index contributed by atoms with van der Waals surface area (Å²) >= 11 is 0. The summed E-state index contributed by atoms with van der Waals surface area (Å²) in [5.41, 5.74) is 4.85. The Balaban J connectivity index is 1.31. The molecule has 0 unspecified atom stereocenters. The molecular weight excluding hydrogens is 537 g/mol. The van der Waals surface area contributed by atoms with E-state index in [1.807, 2.05) is 17.0 Å². The Morgan fingerprint density at radius 1 is 1.05 bits per heavy atom. The number of anilines is 4. The van der Waals surface area contributed by atoms with Crippen molar-refractivity contribution < 1.29 is 22.7 Å². The summed E-state index contributed by atoms with van der Waals surface area (Å²) in [6.45, 7) is 5.90. The minimum absolute atomic E-state index is 0.213. The van der Waals surface area contributed by atoms with E-state index in [-0.39, 0.29) is 17.2 Å². The molecule has 3 aromatic rings. The van der Waals surface area contributed by atoms with E-state index in [1.165, 1.54) is 18.9 Å². The first-order valence-corrected chi connectivity index (χ1v) is 13.7. The van der Waals surface area contributed by atoms with Crippen molar-refractivity contribution in [2.45, 2.75) is 25.9 Å². The van der Waals surface area contributed by atoms with Gasteiger partial charge in [0.1, 0.15) is 17.2 Å². The average molecular weight is 569 g/mol. The summed E-state index contributed by atoms with van der Waals surface area (Å²) < 4.78 is 47.3. The second kappa shape index (κ2) is 10.8. The Morgan fingerprint density at radius 2 is 1.78 bits per heavy atom. The fourth-order valence-electron chi connectivity index (χ4n) is 6.13. The number of amides is 1. The highest BCUT2D eigenvalue weighted by Gasteiger charge is 2.40. The number of hydrogen-bond acceptors (Lipinski definition) is 9. The van der Waals surface area contributed by atoms with Gasteiger partial charge in [0.05, 0.1) is 30.7 Å². The molecule has 5 heterocycles. The summed E-state index contributed by atoms with van der Waals surface area (Å²) in [6, 6.07) is 6.01. The fourth-order valence-corrected chi connectivity index (χ4v) is 6.13. The van der Waals surface area contributed by atoms with Gasteiger partial charge in [-0.15, -0.1) is 0 Å². The highest BCUT2D eigenvalue weighted by Crippen LogP contribution is 2.44. The van der Waals surface area contributed by atoms with Gasteiger partial charge < -0.3 is 25.6 Å². The molecule has 3 aromatic heterocycles. The van der Waals surface area contributed by atoms with Crippen molar-refractivity contribution >= 4 is 29.0 Å². The van der Waals surface area contributed by atoms with Crippen molar-refractivity contribution in [2.24, 2.45) is 17.8 Å². The first-order valence-electron chi connectivity index (χ1n) is 13.7. The number of aromatic nitrogens is 4. The van der Waals surface area contributed by atoms with Crippen LogP contribution in [0.3, 0.4) is 0 Å². The number of alkyl halides is 3. The number of carbonyl (C=O) groups excluding carboxylic acids is 1. The molecule has 1 saturated carbocycles. The third-order valence-corrected chi connectivity index (χ3v) is 8.44. The van der Waals surface area contributed by atoms with Crippen LogP contribution in [0, 0.1) is 17.8 Å². The molecule has 0 aromatic carbocycles. The molecule has 41 heavy (non-hydrogen) atoms. The van der Waals surface area contributed by atoms with Gasteiger partial charge >= 0.3 is 6.18 Å². The summed E-state index contributed by atoms with van der Waals surface area (Å²) in [7, 11) is 0. The standard InChI is InChI=1S/C28H31F3N8O2/c1-16-17-4-5-18(16)15-39(14-17)21-3-2-8-33-26(21)37-27(40)24-25(32)34-13-20(35-24)23-19(28(29,30)31)6-7-22(36-23)38-9-11-41-12-10-38/h2-3,6-8,13,16-18H,4-5,9-12,14-15H2,1H3,(H2,32,34)(H,33,37,40)/t16-,17-,18+. The van der Waals surface area contributed by atoms with Crippen LogP contribution in [0.25, 0.3) is 11.4 Å². The molecule has 10 nitrogen and oxygen atoms in total. The predicted octanol–water partition coefficient (Wildman–Crippen LogP) is 4.11. The van der Waals surface area contributed by atoms with Gasteiger partial charge in [-0.3, -0.25) is 4.79 Å². The number of fused-ring (bicyclic) bond motifs is 2. The topological polar surface area (TPSA) is 122 Å². The van der Waals surface area contributed by atoms with Crippen molar-refractivity contribution in [1.29, 1.82) is 0 Å². The lowest BCUT2D eigenvalue weighted by Gasteiger charge is -2.38. The number of carbonyl (C=O) groups is 1. The lowest BCUT2D eigenvalue weighted by atomic mass is 9.86. The van der Waals surface area contributed by atoms with Crippen molar-refractivity contribution in [3.63, 3.8) is 0 Å². The van der Waals surface area contributed by atoms with Gasteiger partial charge in [-0.05, 0) is 54.9 Å². The quantitative estimate of drug-likeness (QED) is 0.468. The SMILES string of the molecule is C[C@@H]1[C@@H]2CC[C@H]1CN(c1cccnc1NC(=O)c1nc(-c3nc(N4CCOCC4)ccc3C(F)(F)F)cnc1N)C2. The third-order valence-electron chi connectivity index (χ3n) is 8.44. The molecule has 0 radical (unpaired) electrons. The van der Waals surface area contributed by atoms with Crippen molar-refractivity contribution in [1.82, 2.24) is 19.9 Å². The van der Waals surface area contributed by atoms with Crippen LogP contribution in [0.2, 0.25) is 0 Å². The first-order chi connectivity index (χ1) is 19.7. The minimum atomic E-state index is -4.70. The van der Waals surface area contributed by atoms with E-state index in [2.05, 4.69) is 37.1 Å². The molecule has 3 N–H and O–H groups in total. The number of nitrogens with two attached hydrogens (primary N) is 1. The van der Waals surface area contributed by atoms with Crippen LogP contribution in [0.4, 0.5) is 36.3 Å². The van der Waals surface area contributed by atoms with E-state index in [0.29, 0.717) is 55.7 Å². The average Bonchev–Trinajstić information content (AvgIpc) is 3.16. The molecule has 3 aliphatic rings. The van der Waals surface area contributed by atoms with E-state index in [1.54, 1.807) is 6.20 Å². The molecule has 0 spiro atoms. The number of piperidine rings is 1. The van der Waals surface area contributed by atoms with E-state index < -0.39 is 23.3 Å². The first kappa shape index (κ1) is 27.2. The number of nitrogen functional groups attached to an aromatic ring is 1. The number of halogens is 3. The maximum absolute atomic E-state index is 14.0. The highest BCUT2D eigenvalue weighted by molar-refractivity contribution is 6.06. The Hall–Kier alpha value is -4.00. The number of nitrogens with zero attached hydrogens (tertiary/aromatic N) is 6. The minimum Gasteiger partial charge on any atom is -0.382 e. The second-order valence-corrected chi connectivity index (χ2v) is 10.8. The maximum atomic E-state index is 14.0. The number of rotatable bonds is 5. The Labute approximate surface area is 235 Å². The Kier molecular flexibility index (Phi) is 7.14. The van der Waals surface area contributed by atoms with Gasteiger partial charge in [-0.25, -0.2) is 19.9 Å². The smallest absolute Gasteiger partial charge is 0.382 e. The van der Waals surface area contributed by atoms with Gasteiger partial charge in [0.2, 0.25) is 0 Å². The predicted molar refractivity (Wildman–Crippen MR) is 147 cm³/mol. The molecule has 3 atom stereocenters. The van der Waals surface area contributed by atoms with Crippen LogP contribution in [-0.2, 0) is 10.9 Å². The van der Waals surface area contributed by atoms with Gasteiger partial charge in [0.25, 0.3) is 5.91 Å². The molecule has 1 aliphatic carbocycles. The Bertz CT molecular complexity index is 1430. The number of hydrogen-bond donors (Lipinski definition) is 2. The normalized spacial score (nSPS) is 22.6. The molecule has 2 bridgehead atoms. The lowest BCUT2D eigenvalue weighted by molar-refractivity contribution is -0.137. The second-order valence-electron chi connectivity index (χ2n) is 10.8. The zero-order valence-corrected chi connectivity index (χ0v) is 22.6. The van der Waals surface area contributed by atoms with Crippen LogP contribution in [0.1, 0.15) is 35.8 Å². The van der Waals surface area contributed by atoms with Crippen LogP contribution >= 0.6 is 0 Å². The fraction of sp³-hybridized carbons (Fsp3) is 0.464. The summed E-state index contributed by atoms with van der Waals surface area (Å²) in [5, 5.41) is 2.77. The van der Waals surface area contributed by atoms with Crippen LogP contribution in [0.5, 0.6) is 0 Å². The van der Waals surface area contributed by atoms with Crippen molar-refractivity contribution in [3.8, 4) is 11.4 Å². The van der Waals surface area contributed by atoms with Gasteiger partial charge in [0, 0.05) is 32.4 Å². The summed E-state index contributed by atoms with van der Waals surface area (Å²) in [6.07, 6.45) is 0.339. The molecule has 2 saturated heterocycles. The Morgan fingerprint density at radius 3 is 2.49 bits per heavy atom. The largest absolute Gasteiger partial charge is 0.418 e. The van der Waals surface area contributed by atoms with Crippen LogP contribution < -0.4 is 20.9 Å². The molecule has 3 fully saturated rings. The number of nitrogens with one attached hydrogen (secondary N) is 1. The highest BCUT2D eigenvalue weighted by atomic mass is 19.4. The molecule has 13 heteroatoms. The maximum Gasteiger partial charge on any atom is 0.418 e. The monoisotopic (exact) mass is 568 g/mol. The molecular formula is C28H31F3N8O2. The number of ether oxygens (including phenoxy) is 1. The molecule has 2 aliphatic heterocycles. The van der Waals surface area contributed by atoms with Crippen LogP contribution in [-0.4, -0.2) is 65.2 Å². The van der Waals surface area contributed by atoms with Crippen LogP contribution in [0.15, 0.2) is 36.7 Å². The molecule has 6 rings (SSSR count). The molecule has 1 amide bonds. The number of morpholine rings is 1. The van der Waals surface area contributed by atoms with Gasteiger partial charge in [-0.1, -0.05) is 6.92 Å². The van der Waals surface area contributed by atoms with Crippen molar-refractivity contribution in [3.05, 3.63) is 47.9 Å². The zero-order valence-electron chi connectivity index (χ0n) is 22.6. The summed E-state index contributed by atoms with van der Waals surface area (Å²) in [4.78, 5) is 34.5. The number of pyridine rings is 2. The third kappa shape index (κ3) is 5.37. The van der Waals surface area contributed by atoms with E-state index in [0.717, 1.165) is 31.0 Å². The van der Waals surface area contributed by atoms with Gasteiger partial charge in [-0.2, -0.15) is 13.2 Å². The van der Waals surface area contributed by atoms with Gasteiger partial charge in [0.15, 0.2) is 17.3 Å². The summed E-state index contributed by atoms with van der Waals surface area (Å²) in [5.74, 6) is 1.58. The molecule has 216 valence electrons. The van der Waals surface area contributed by atoms with Crippen molar-refractivity contribution in [2.75, 3.05) is 60.2 Å². The van der Waals surface area contributed by atoms with E-state index in [4.69, 9.17) is 10.5 Å². The lowest BCUT2D eigenvalue weighted by Crippen LogP contribution is -2.41. The van der Waals surface area contributed by atoms with E-state index in [9.17, 15) is 18.0 Å².